The van der Waals surface area contributed by atoms with Gasteiger partial charge in [-0.2, -0.15) is 0 Å². The summed E-state index contributed by atoms with van der Waals surface area (Å²) in [5.74, 6) is -1.70. The Hall–Kier alpha value is -3.46. The molecule has 9 nitrogen and oxygen atoms in total. The normalized spacial score (nSPS) is 10.1. The number of hydrogen-bond acceptors (Lipinski definition) is 6. The fraction of sp³-hybridized carbons (Fsp3) is 0.211. The van der Waals surface area contributed by atoms with E-state index in [4.69, 9.17) is 16.3 Å². The average molecular weight is 420 g/mol. The number of benzene rings is 2. The van der Waals surface area contributed by atoms with Crippen LogP contribution < -0.4 is 10.6 Å². The fourth-order valence-corrected chi connectivity index (χ4v) is 2.37. The number of non-ortho nitro benzene ring substituents is 1. The van der Waals surface area contributed by atoms with Gasteiger partial charge in [0.25, 0.3) is 11.6 Å². The number of ether oxygens (including phenoxy) is 1. The van der Waals surface area contributed by atoms with Crippen LogP contribution in [0.1, 0.15) is 18.4 Å². The summed E-state index contributed by atoms with van der Waals surface area (Å²) >= 11 is 5.97. The van der Waals surface area contributed by atoms with Gasteiger partial charge in [0.15, 0.2) is 6.61 Å². The van der Waals surface area contributed by atoms with E-state index in [1.54, 1.807) is 18.2 Å². The summed E-state index contributed by atoms with van der Waals surface area (Å²) in [6.07, 6.45) is -0.381. The van der Waals surface area contributed by atoms with E-state index in [0.717, 1.165) is 5.56 Å². The molecule has 0 atom stereocenters. The Bertz CT molecular complexity index is 930. The first-order chi connectivity index (χ1) is 13.7. The predicted octanol–water partition coefficient (Wildman–Crippen LogP) is 3.46. The van der Waals surface area contributed by atoms with E-state index in [1.807, 2.05) is 6.92 Å². The largest absolute Gasteiger partial charge is 0.456 e. The second-order valence-corrected chi connectivity index (χ2v) is 6.43. The lowest BCUT2D eigenvalue weighted by atomic mass is 10.2. The summed E-state index contributed by atoms with van der Waals surface area (Å²) in [6.45, 7) is 1.34. The lowest BCUT2D eigenvalue weighted by Gasteiger charge is -2.08. The molecule has 2 amide bonds. The topological polar surface area (TPSA) is 128 Å². The van der Waals surface area contributed by atoms with E-state index >= 15 is 0 Å². The van der Waals surface area contributed by atoms with Crippen molar-refractivity contribution in [2.45, 2.75) is 19.8 Å². The lowest BCUT2D eigenvalue weighted by molar-refractivity contribution is -0.384. The monoisotopic (exact) mass is 419 g/mol. The number of halogens is 1. The second-order valence-electron chi connectivity index (χ2n) is 6.02. The third kappa shape index (κ3) is 7.23. The lowest BCUT2D eigenvalue weighted by Crippen LogP contribution is -2.21. The third-order valence-electron chi connectivity index (χ3n) is 3.74. The van der Waals surface area contributed by atoms with Gasteiger partial charge in [-0.25, -0.2) is 0 Å². The highest BCUT2D eigenvalue weighted by Crippen LogP contribution is 2.20. The van der Waals surface area contributed by atoms with Crippen molar-refractivity contribution in [3.05, 3.63) is 63.2 Å². The van der Waals surface area contributed by atoms with Crippen molar-refractivity contribution < 1.29 is 24.0 Å². The van der Waals surface area contributed by atoms with Crippen molar-refractivity contribution in [2.24, 2.45) is 0 Å². The first-order valence-electron chi connectivity index (χ1n) is 8.50. The van der Waals surface area contributed by atoms with Crippen LogP contribution in [0.3, 0.4) is 0 Å². The molecule has 0 spiro atoms. The van der Waals surface area contributed by atoms with Crippen LogP contribution in [0, 0.1) is 17.0 Å². The smallest absolute Gasteiger partial charge is 0.306 e. The number of anilines is 2. The molecule has 0 aliphatic rings. The van der Waals surface area contributed by atoms with Crippen LogP contribution in [0.4, 0.5) is 17.1 Å². The number of nitro benzene ring substituents is 1. The quantitative estimate of drug-likeness (QED) is 0.383. The van der Waals surface area contributed by atoms with Gasteiger partial charge >= 0.3 is 5.97 Å². The molecule has 2 rings (SSSR count). The summed E-state index contributed by atoms with van der Waals surface area (Å²) in [7, 11) is 0. The SMILES string of the molecule is Cc1ccc(NC(=O)COC(=O)CCC(=O)Nc2ccc([N+](=O)[O-])cc2)cc1Cl. The Kier molecular flexibility index (Phi) is 7.67. The number of hydrogen-bond donors (Lipinski definition) is 2. The Morgan fingerprint density at radius 3 is 2.24 bits per heavy atom. The maximum atomic E-state index is 11.8. The highest BCUT2D eigenvalue weighted by molar-refractivity contribution is 6.31. The second kappa shape index (κ2) is 10.2. The number of nitro groups is 1. The van der Waals surface area contributed by atoms with Crippen LogP contribution in [0.5, 0.6) is 0 Å². The maximum Gasteiger partial charge on any atom is 0.306 e. The van der Waals surface area contributed by atoms with Gasteiger partial charge in [0, 0.05) is 35.0 Å². The van der Waals surface area contributed by atoms with Crippen molar-refractivity contribution in [1.29, 1.82) is 0 Å². The van der Waals surface area contributed by atoms with Crippen LogP contribution in [0.25, 0.3) is 0 Å². The molecule has 0 aliphatic heterocycles. The summed E-state index contributed by atoms with van der Waals surface area (Å²) < 4.78 is 4.83. The Morgan fingerprint density at radius 2 is 1.62 bits per heavy atom. The van der Waals surface area contributed by atoms with Crippen molar-refractivity contribution in [1.82, 2.24) is 0 Å². The summed E-state index contributed by atoms with van der Waals surface area (Å²) in [5, 5.41) is 16.1. The number of esters is 1. The molecule has 10 heteroatoms. The first kappa shape index (κ1) is 21.8. The van der Waals surface area contributed by atoms with Crippen molar-refractivity contribution in [3.8, 4) is 0 Å². The van der Waals surface area contributed by atoms with Gasteiger partial charge in [-0.1, -0.05) is 17.7 Å². The molecule has 2 N–H and O–H groups in total. The zero-order valence-corrected chi connectivity index (χ0v) is 16.2. The molecule has 152 valence electrons. The third-order valence-corrected chi connectivity index (χ3v) is 4.15. The van der Waals surface area contributed by atoms with E-state index < -0.39 is 29.3 Å². The molecule has 2 aromatic rings. The van der Waals surface area contributed by atoms with Gasteiger partial charge < -0.3 is 15.4 Å². The average Bonchev–Trinajstić information content (AvgIpc) is 2.68. The molecule has 2 aromatic carbocycles. The minimum absolute atomic E-state index is 0.0993. The number of nitrogens with zero attached hydrogens (tertiary/aromatic N) is 1. The van der Waals surface area contributed by atoms with Crippen molar-refractivity contribution >= 4 is 46.4 Å². The zero-order chi connectivity index (χ0) is 21.4. The van der Waals surface area contributed by atoms with Crippen LogP contribution >= 0.6 is 11.6 Å². The molecule has 29 heavy (non-hydrogen) atoms. The van der Waals surface area contributed by atoms with Crippen molar-refractivity contribution in [3.63, 3.8) is 0 Å². The molecule has 0 saturated heterocycles. The molecular weight excluding hydrogens is 402 g/mol. The van der Waals surface area contributed by atoms with E-state index in [2.05, 4.69) is 10.6 Å². The molecule has 0 saturated carbocycles. The molecule has 0 fully saturated rings. The minimum Gasteiger partial charge on any atom is -0.456 e. The van der Waals surface area contributed by atoms with Crippen molar-refractivity contribution in [2.75, 3.05) is 17.2 Å². The van der Waals surface area contributed by atoms with E-state index in [9.17, 15) is 24.5 Å². The van der Waals surface area contributed by atoms with Gasteiger partial charge in [-0.3, -0.25) is 24.5 Å². The highest BCUT2D eigenvalue weighted by atomic mass is 35.5. The van der Waals surface area contributed by atoms with Gasteiger partial charge in [-0.15, -0.1) is 0 Å². The molecule has 0 heterocycles. The molecule has 0 aliphatic carbocycles. The maximum absolute atomic E-state index is 11.8. The summed E-state index contributed by atoms with van der Waals surface area (Å²) in [4.78, 5) is 45.4. The highest BCUT2D eigenvalue weighted by Gasteiger charge is 2.12. The number of carbonyl (C=O) groups excluding carboxylic acids is 3. The number of rotatable bonds is 8. The number of nitrogens with one attached hydrogen (secondary N) is 2. The number of aryl methyl sites for hydroxylation is 1. The van der Waals surface area contributed by atoms with Gasteiger partial charge in [0.1, 0.15) is 0 Å². The van der Waals surface area contributed by atoms with Gasteiger partial charge in [0.05, 0.1) is 11.3 Å². The number of carbonyl (C=O) groups is 3. The Morgan fingerprint density at radius 1 is 1.00 bits per heavy atom. The van der Waals surface area contributed by atoms with Crippen LogP contribution in [0.2, 0.25) is 5.02 Å². The van der Waals surface area contributed by atoms with E-state index in [1.165, 1.54) is 24.3 Å². The predicted molar refractivity (Wildman–Crippen MR) is 107 cm³/mol. The van der Waals surface area contributed by atoms with E-state index in [0.29, 0.717) is 16.4 Å². The molecule has 0 aromatic heterocycles. The van der Waals surface area contributed by atoms with Crippen LogP contribution in [-0.2, 0) is 19.1 Å². The minimum atomic E-state index is -0.707. The van der Waals surface area contributed by atoms with Crippen LogP contribution in [-0.4, -0.2) is 29.3 Å². The number of amides is 2. The molecule has 0 radical (unpaired) electrons. The molecule has 0 unspecified atom stereocenters. The standard InChI is InChI=1S/C19H18ClN3O6/c1-12-2-3-14(10-16(12)20)22-18(25)11-29-19(26)9-8-17(24)21-13-4-6-15(7-5-13)23(27)28/h2-7,10H,8-9,11H2,1H3,(H,21,24)(H,22,25). The Labute approximate surface area is 171 Å². The molecular formula is C19H18ClN3O6. The zero-order valence-electron chi connectivity index (χ0n) is 15.4. The summed E-state index contributed by atoms with van der Waals surface area (Å²) in [5.41, 5.74) is 1.61. The fourth-order valence-electron chi connectivity index (χ4n) is 2.19. The van der Waals surface area contributed by atoms with Gasteiger partial charge in [0.2, 0.25) is 5.91 Å². The van der Waals surface area contributed by atoms with Gasteiger partial charge in [-0.05, 0) is 36.8 Å². The summed E-state index contributed by atoms with van der Waals surface area (Å²) in [6, 6.07) is 10.3. The van der Waals surface area contributed by atoms with E-state index in [-0.39, 0.29) is 18.5 Å². The molecule has 0 bridgehead atoms. The first-order valence-corrected chi connectivity index (χ1v) is 8.88. The van der Waals surface area contributed by atoms with Crippen LogP contribution in [0.15, 0.2) is 42.5 Å². The Balaban J connectivity index is 1.70.